The Kier molecular flexibility index (Phi) is 6.82. The van der Waals surface area contributed by atoms with Gasteiger partial charge >= 0.3 is 0 Å². The number of halogens is 1. The highest BCUT2D eigenvalue weighted by Gasteiger charge is 2.11. The molecule has 0 atom stereocenters. The van der Waals surface area contributed by atoms with Crippen LogP contribution in [0, 0.1) is 0 Å². The normalized spacial score (nSPS) is 10.9. The number of carbonyl (C=O) groups is 1. The van der Waals surface area contributed by atoms with E-state index in [0.717, 1.165) is 48.0 Å². The lowest BCUT2D eigenvalue weighted by molar-refractivity contribution is -0.116. The van der Waals surface area contributed by atoms with Crippen LogP contribution in [0.5, 0.6) is 0 Å². The first kappa shape index (κ1) is 19.4. The summed E-state index contributed by atoms with van der Waals surface area (Å²) in [6.45, 7) is 4.96. The van der Waals surface area contributed by atoms with Crippen molar-refractivity contribution in [2.45, 2.75) is 32.2 Å². The van der Waals surface area contributed by atoms with E-state index >= 15 is 0 Å². The summed E-state index contributed by atoms with van der Waals surface area (Å²) in [5.74, 6) is 1.01. The Bertz CT molecular complexity index is 932. The number of hydrogen-bond donors (Lipinski definition) is 1. The lowest BCUT2D eigenvalue weighted by Crippen LogP contribution is -2.21. The molecule has 1 aromatic heterocycles. The van der Waals surface area contributed by atoms with Crippen molar-refractivity contribution in [3.8, 4) is 0 Å². The van der Waals surface area contributed by atoms with Gasteiger partial charge in [-0.25, -0.2) is 4.98 Å². The van der Waals surface area contributed by atoms with E-state index in [9.17, 15) is 4.79 Å². The summed E-state index contributed by atoms with van der Waals surface area (Å²) in [5.41, 5.74) is 3.47. The third-order valence-electron chi connectivity index (χ3n) is 4.53. The van der Waals surface area contributed by atoms with E-state index < -0.39 is 0 Å². The topological polar surface area (TPSA) is 46.9 Å². The quantitative estimate of drug-likeness (QED) is 0.392. The van der Waals surface area contributed by atoms with Gasteiger partial charge in [-0.15, -0.1) is 0 Å². The molecule has 140 valence electrons. The van der Waals surface area contributed by atoms with Gasteiger partial charge < -0.3 is 9.88 Å². The van der Waals surface area contributed by atoms with Crippen LogP contribution < -0.4 is 5.32 Å². The Morgan fingerprint density at radius 2 is 2.00 bits per heavy atom. The number of fused-ring (bicyclic) bond motifs is 1. The lowest BCUT2D eigenvalue weighted by Gasteiger charge is -2.10. The average molecular weight is 426 g/mol. The first-order valence-electron chi connectivity index (χ1n) is 9.26. The molecule has 0 aliphatic rings. The molecule has 4 nitrogen and oxygen atoms in total. The van der Waals surface area contributed by atoms with Gasteiger partial charge in [-0.3, -0.25) is 4.79 Å². The highest BCUT2D eigenvalue weighted by atomic mass is 79.9. The van der Waals surface area contributed by atoms with Gasteiger partial charge in [-0.1, -0.05) is 53.2 Å². The van der Waals surface area contributed by atoms with Gasteiger partial charge in [-0.05, 0) is 48.7 Å². The number of nitrogens with one attached hydrogen (secondary N) is 1. The smallest absolute Gasteiger partial charge is 0.243 e. The molecule has 27 heavy (non-hydrogen) atoms. The summed E-state index contributed by atoms with van der Waals surface area (Å²) in [4.78, 5) is 16.0. The van der Waals surface area contributed by atoms with Crippen LogP contribution in [0.3, 0.4) is 0 Å². The summed E-state index contributed by atoms with van der Waals surface area (Å²) in [6, 6.07) is 16.7. The molecular formula is C22H24BrN3O. The predicted octanol–water partition coefficient (Wildman–Crippen LogP) is 4.86. The number of rotatable bonds is 9. The molecule has 2 aromatic carbocycles. The number of nitrogens with zero attached hydrogens (tertiary/aromatic N) is 2. The van der Waals surface area contributed by atoms with Crippen molar-refractivity contribution in [3.05, 3.63) is 77.0 Å². The van der Waals surface area contributed by atoms with Crippen LogP contribution in [0.4, 0.5) is 0 Å². The fourth-order valence-electron chi connectivity index (χ4n) is 3.18. The minimum atomic E-state index is -0.106. The van der Waals surface area contributed by atoms with Gasteiger partial charge in [0.1, 0.15) is 5.82 Å². The van der Waals surface area contributed by atoms with Crippen LogP contribution in [0.25, 0.3) is 11.0 Å². The Hall–Kier alpha value is -2.40. The Balaban J connectivity index is 1.67. The maximum absolute atomic E-state index is 11.2. The van der Waals surface area contributed by atoms with E-state index in [0.29, 0.717) is 6.54 Å². The number of para-hydroxylation sites is 2. The molecule has 0 bridgehead atoms. The van der Waals surface area contributed by atoms with E-state index in [-0.39, 0.29) is 5.91 Å². The highest BCUT2D eigenvalue weighted by Crippen LogP contribution is 2.21. The summed E-state index contributed by atoms with van der Waals surface area (Å²) in [7, 11) is 0. The molecule has 0 fully saturated rings. The number of amides is 1. The third kappa shape index (κ3) is 5.30. The minimum absolute atomic E-state index is 0.106. The molecular weight excluding hydrogens is 402 g/mol. The van der Waals surface area contributed by atoms with E-state index in [2.05, 4.69) is 68.8 Å². The van der Waals surface area contributed by atoms with Crippen LogP contribution in [0.2, 0.25) is 0 Å². The third-order valence-corrected chi connectivity index (χ3v) is 5.02. The second kappa shape index (κ2) is 9.51. The van der Waals surface area contributed by atoms with Gasteiger partial charge in [0.05, 0.1) is 11.0 Å². The van der Waals surface area contributed by atoms with Crippen molar-refractivity contribution in [3.63, 3.8) is 0 Å². The van der Waals surface area contributed by atoms with Crippen molar-refractivity contribution in [1.82, 2.24) is 14.9 Å². The number of imidazole rings is 1. The Morgan fingerprint density at radius 3 is 2.81 bits per heavy atom. The summed E-state index contributed by atoms with van der Waals surface area (Å²) in [5, 5.41) is 2.82. The molecule has 0 saturated carbocycles. The maximum atomic E-state index is 11.2. The number of benzene rings is 2. The second-order valence-electron chi connectivity index (χ2n) is 6.54. The predicted molar refractivity (Wildman–Crippen MR) is 114 cm³/mol. The summed E-state index contributed by atoms with van der Waals surface area (Å²) < 4.78 is 3.41. The van der Waals surface area contributed by atoms with Gasteiger partial charge in [0.2, 0.25) is 5.91 Å². The molecule has 0 aliphatic carbocycles. The fraction of sp³-hybridized carbons (Fsp3) is 0.273. The molecule has 0 saturated heterocycles. The van der Waals surface area contributed by atoms with Crippen molar-refractivity contribution < 1.29 is 4.79 Å². The zero-order valence-electron chi connectivity index (χ0n) is 15.3. The zero-order chi connectivity index (χ0) is 19.1. The van der Waals surface area contributed by atoms with Gasteiger partial charge in [0.15, 0.2) is 0 Å². The Labute approximate surface area is 168 Å². The van der Waals surface area contributed by atoms with Crippen molar-refractivity contribution in [2.24, 2.45) is 0 Å². The van der Waals surface area contributed by atoms with Crippen LogP contribution in [-0.2, 0) is 17.8 Å². The fourth-order valence-corrected chi connectivity index (χ4v) is 3.63. The summed E-state index contributed by atoms with van der Waals surface area (Å²) in [6.07, 6.45) is 5.30. The minimum Gasteiger partial charge on any atom is -0.353 e. The number of aryl methyl sites for hydroxylation is 1. The molecule has 0 spiro atoms. The standard InChI is InChI=1S/C22H24BrN3O/c1-2-22(27)24-14-7-3-4-13-21-25-19-11-5-6-12-20(19)26(21)16-17-9-8-10-18(23)15-17/h2,5-6,8-12,15H,1,3-4,7,13-14,16H2,(H,24,27). The van der Waals surface area contributed by atoms with Gasteiger partial charge in [0, 0.05) is 24.0 Å². The van der Waals surface area contributed by atoms with Gasteiger partial charge in [0.25, 0.3) is 0 Å². The van der Waals surface area contributed by atoms with E-state index in [1.807, 2.05) is 12.1 Å². The molecule has 0 unspecified atom stereocenters. The molecule has 1 amide bonds. The SMILES string of the molecule is C=CC(=O)NCCCCCc1nc2ccccc2n1Cc1cccc(Br)c1. The van der Waals surface area contributed by atoms with Crippen LogP contribution in [0.15, 0.2) is 65.7 Å². The van der Waals surface area contributed by atoms with Crippen molar-refractivity contribution >= 4 is 32.9 Å². The van der Waals surface area contributed by atoms with Crippen molar-refractivity contribution in [2.75, 3.05) is 6.54 Å². The Morgan fingerprint density at radius 1 is 1.15 bits per heavy atom. The monoisotopic (exact) mass is 425 g/mol. The largest absolute Gasteiger partial charge is 0.353 e. The maximum Gasteiger partial charge on any atom is 0.243 e. The van der Waals surface area contributed by atoms with Crippen LogP contribution >= 0.6 is 15.9 Å². The molecule has 0 aliphatic heterocycles. The second-order valence-corrected chi connectivity index (χ2v) is 7.45. The number of aromatic nitrogens is 2. The number of unbranched alkanes of at least 4 members (excludes halogenated alkanes) is 2. The lowest BCUT2D eigenvalue weighted by atomic mass is 10.1. The molecule has 5 heteroatoms. The van der Waals surface area contributed by atoms with E-state index in [1.165, 1.54) is 17.2 Å². The summed E-state index contributed by atoms with van der Waals surface area (Å²) >= 11 is 3.55. The average Bonchev–Trinajstić information content (AvgIpc) is 3.02. The molecule has 0 radical (unpaired) electrons. The molecule has 1 N–H and O–H groups in total. The van der Waals surface area contributed by atoms with Crippen molar-refractivity contribution in [1.29, 1.82) is 0 Å². The molecule has 3 aromatic rings. The van der Waals surface area contributed by atoms with Crippen LogP contribution in [0.1, 0.15) is 30.7 Å². The van der Waals surface area contributed by atoms with Gasteiger partial charge in [-0.2, -0.15) is 0 Å². The van der Waals surface area contributed by atoms with E-state index in [4.69, 9.17) is 4.98 Å². The number of carbonyl (C=O) groups excluding carboxylic acids is 1. The first-order valence-corrected chi connectivity index (χ1v) is 10.1. The van der Waals surface area contributed by atoms with Crippen LogP contribution in [-0.4, -0.2) is 22.0 Å². The first-order chi connectivity index (χ1) is 13.2. The highest BCUT2D eigenvalue weighted by molar-refractivity contribution is 9.10. The number of hydrogen-bond acceptors (Lipinski definition) is 2. The van der Waals surface area contributed by atoms with E-state index in [1.54, 1.807) is 0 Å². The molecule has 1 heterocycles. The zero-order valence-corrected chi connectivity index (χ0v) is 16.9. The molecule has 3 rings (SSSR count).